The van der Waals surface area contributed by atoms with Crippen LogP contribution in [0.1, 0.15) is 51.1 Å². The van der Waals surface area contributed by atoms with Gasteiger partial charge in [0, 0.05) is 43.8 Å². The molecule has 1 aromatic heterocycles. The Morgan fingerprint density at radius 2 is 2.00 bits per heavy atom. The molecule has 2 unspecified atom stereocenters. The molecular formula is C18H33ClN4O. The lowest BCUT2D eigenvalue weighted by molar-refractivity contribution is -0.134. The quantitative estimate of drug-likeness (QED) is 0.882. The van der Waals surface area contributed by atoms with E-state index in [-0.39, 0.29) is 24.4 Å². The van der Waals surface area contributed by atoms with Gasteiger partial charge < -0.3 is 10.2 Å². The average molecular weight is 357 g/mol. The van der Waals surface area contributed by atoms with Crippen LogP contribution in [0.2, 0.25) is 0 Å². The van der Waals surface area contributed by atoms with Gasteiger partial charge >= 0.3 is 0 Å². The molecule has 1 amide bonds. The van der Waals surface area contributed by atoms with Crippen LogP contribution in [0.15, 0.2) is 0 Å². The lowest BCUT2D eigenvalue weighted by Gasteiger charge is -2.38. The van der Waals surface area contributed by atoms with E-state index in [0.29, 0.717) is 18.4 Å². The molecule has 24 heavy (non-hydrogen) atoms. The van der Waals surface area contributed by atoms with Crippen LogP contribution in [-0.2, 0) is 17.8 Å². The van der Waals surface area contributed by atoms with Crippen molar-refractivity contribution >= 4 is 18.3 Å². The van der Waals surface area contributed by atoms with Crippen LogP contribution in [-0.4, -0.2) is 45.8 Å². The molecule has 0 aromatic carbocycles. The van der Waals surface area contributed by atoms with Gasteiger partial charge in [0.05, 0.1) is 5.69 Å². The minimum absolute atomic E-state index is 0. The van der Waals surface area contributed by atoms with E-state index in [1.165, 1.54) is 11.3 Å². The largest absolute Gasteiger partial charge is 0.337 e. The van der Waals surface area contributed by atoms with Gasteiger partial charge in [0.15, 0.2) is 0 Å². The normalized spacial score (nSPS) is 21.0. The number of nitrogens with zero attached hydrogens (tertiary/aromatic N) is 3. The zero-order valence-electron chi connectivity index (χ0n) is 15.9. The molecule has 2 atom stereocenters. The molecule has 0 spiro atoms. The van der Waals surface area contributed by atoms with Crippen LogP contribution in [0, 0.1) is 19.8 Å². The summed E-state index contributed by atoms with van der Waals surface area (Å²) in [7, 11) is 0. The SMILES string of the molecule is Cc1nn(CC(C)C)c(C)c1CCC(=O)N1CCNC(C)C1C.Cl. The highest BCUT2D eigenvalue weighted by Gasteiger charge is 2.28. The summed E-state index contributed by atoms with van der Waals surface area (Å²) in [5, 5.41) is 8.07. The second-order valence-electron chi connectivity index (χ2n) is 7.30. The third-order valence-corrected chi connectivity index (χ3v) is 5.01. The molecule has 2 heterocycles. The van der Waals surface area contributed by atoms with E-state index < -0.39 is 0 Å². The van der Waals surface area contributed by atoms with Crippen molar-refractivity contribution in [2.75, 3.05) is 13.1 Å². The van der Waals surface area contributed by atoms with E-state index in [1.54, 1.807) is 0 Å². The molecule has 6 heteroatoms. The van der Waals surface area contributed by atoms with Gasteiger partial charge in [-0.2, -0.15) is 5.10 Å². The van der Waals surface area contributed by atoms with E-state index >= 15 is 0 Å². The van der Waals surface area contributed by atoms with Crippen LogP contribution in [0.4, 0.5) is 0 Å². The predicted octanol–water partition coefficient (Wildman–Crippen LogP) is 2.72. The molecule has 0 bridgehead atoms. The molecule has 0 aliphatic carbocycles. The molecule has 1 aliphatic heterocycles. The summed E-state index contributed by atoms with van der Waals surface area (Å²) in [6, 6.07) is 0.632. The highest BCUT2D eigenvalue weighted by molar-refractivity contribution is 5.85. The minimum Gasteiger partial charge on any atom is -0.337 e. The Labute approximate surface area is 152 Å². The number of carbonyl (C=O) groups is 1. The molecule has 1 saturated heterocycles. The monoisotopic (exact) mass is 356 g/mol. The van der Waals surface area contributed by atoms with Crippen molar-refractivity contribution in [1.82, 2.24) is 20.0 Å². The maximum Gasteiger partial charge on any atom is 0.223 e. The lowest BCUT2D eigenvalue weighted by Crippen LogP contribution is -2.57. The Morgan fingerprint density at radius 3 is 2.62 bits per heavy atom. The van der Waals surface area contributed by atoms with Crippen LogP contribution in [0.3, 0.4) is 0 Å². The highest BCUT2D eigenvalue weighted by Crippen LogP contribution is 2.18. The second kappa shape index (κ2) is 8.86. The molecular weight excluding hydrogens is 324 g/mol. The van der Waals surface area contributed by atoms with Crippen molar-refractivity contribution in [3.8, 4) is 0 Å². The first kappa shape index (κ1) is 21.0. The Morgan fingerprint density at radius 1 is 1.33 bits per heavy atom. The first-order chi connectivity index (χ1) is 10.8. The maximum atomic E-state index is 12.6. The number of carbonyl (C=O) groups excluding carboxylic acids is 1. The Kier molecular flexibility index (Phi) is 7.74. The second-order valence-corrected chi connectivity index (χ2v) is 7.30. The molecule has 1 N–H and O–H groups in total. The van der Waals surface area contributed by atoms with Gasteiger partial charge in [0.25, 0.3) is 0 Å². The highest BCUT2D eigenvalue weighted by atomic mass is 35.5. The minimum atomic E-state index is 0. The van der Waals surface area contributed by atoms with Gasteiger partial charge in [-0.3, -0.25) is 9.48 Å². The van der Waals surface area contributed by atoms with E-state index in [4.69, 9.17) is 0 Å². The van der Waals surface area contributed by atoms with Crippen molar-refractivity contribution in [3.05, 3.63) is 17.0 Å². The number of rotatable bonds is 5. The zero-order chi connectivity index (χ0) is 17.1. The molecule has 0 saturated carbocycles. The summed E-state index contributed by atoms with van der Waals surface area (Å²) in [5.74, 6) is 0.840. The van der Waals surface area contributed by atoms with Gasteiger partial charge in [0.2, 0.25) is 5.91 Å². The molecule has 0 radical (unpaired) electrons. The van der Waals surface area contributed by atoms with Gasteiger partial charge in [-0.15, -0.1) is 12.4 Å². The number of nitrogens with one attached hydrogen (secondary N) is 1. The topological polar surface area (TPSA) is 50.2 Å². The Bertz CT molecular complexity index is 555. The number of halogens is 1. The van der Waals surface area contributed by atoms with Gasteiger partial charge in [-0.25, -0.2) is 0 Å². The van der Waals surface area contributed by atoms with Gasteiger partial charge in [0.1, 0.15) is 0 Å². The lowest BCUT2D eigenvalue weighted by atomic mass is 10.0. The van der Waals surface area contributed by atoms with Crippen molar-refractivity contribution in [2.24, 2.45) is 5.92 Å². The number of amides is 1. The number of aryl methyl sites for hydroxylation is 1. The van der Waals surface area contributed by atoms with Crippen molar-refractivity contribution in [2.45, 2.75) is 73.0 Å². The van der Waals surface area contributed by atoms with Crippen molar-refractivity contribution < 1.29 is 4.79 Å². The number of piperazine rings is 1. The summed E-state index contributed by atoms with van der Waals surface area (Å²) in [6.07, 6.45) is 1.37. The van der Waals surface area contributed by atoms with E-state index in [0.717, 1.165) is 31.7 Å². The molecule has 1 aliphatic rings. The standard InChI is InChI=1S/C18H32N4O.ClH/c1-12(2)11-22-16(6)17(14(4)20-22)7-8-18(23)21-10-9-19-13(3)15(21)5;/h12-13,15,19H,7-11H2,1-6H3;1H. The van der Waals surface area contributed by atoms with Gasteiger partial charge in [-0.05, 0) is 45.6 Å². The third kappa shape index (κ3) is 4.73. The average Bonchev–Trinajstić information content (AvgIpc) is 2.73. The van der Waals surface area contributed by atoms with Crippen LogP contribution in [0.5, 0.6) is 0 Å². The Hall–Kier alpha value is -1.07. The summed E-state index contributed by atoms with van der Waals surface area (Å²) >= 11 is 0. The number of hydrogen-bond donors (Lipinski definition) is 1. The molecule has 2 rings (SSSR count). The van der Waals surface area contributed by atoms with Crippen molar-refractivity contribution in [1.29, 1.82) is 0 Å². The number of aromatic nitrogens is 2. The van der Waals surface area contributed by atoms with E-state index in [2.05, 4.69) is 56.6 Å². The molecule has 1 aromatic rings. The van der Waals surface area contributed by atoms with E-state index in [1.807, 2.05) is 4.90 Å². The van der Waals surface area contributed by atoms with Crippen molar-refractivity contribution in [3.63, 3.8) is 0 Å². The molecule has 5 nitrogen and oxygen atoms in total. The summed E-state index contributed by atoms with van der Waals surface area (Å²) in [4.78, 5) is 14.6. The predicted molar refractivity (Wildman–Crippen MR) is 101 cm³/mol. The maximum absolute atomic E-state index is 12.6. The number of hydrogen-bond acceptors (Lipinski definition) is 3. The summed E-state index contributed by atoms with van der Waals surface area (Å²) in [6.45, 7) is 15.5. The van der Waals surface area contributed by atoms with Crippen LogP contribution in [0.25, 0.3) is 0 Å². The third-order valence-electron chi connectivity index (χ3n) is 5.01. The fourth-order valence-electron chi connectivity index (χ4n) is 3.40. The summed E-state index contributed by atoms with van der Waals surface area (Å²) in [5.41, 5.74) is 3.53. The summed E-state index contributed by atoms with van der Waals surface area (Å²) < 4.78 is 2.09. The smallest absolute Gasteiger partial charge is 0.223 e. The van der Waals surface area contributed by atoms with Crippen LogP contribution < -0.4 is 5.32 Å². The fraction of sp³-hybridized carbons (Fsp3) is 0.778. The van der Waals surface area contributed by atoms with Crippen LogP contribution >= 0.6 is 12.4 Å². The molecule has 138 valence electrons. The first-order valence-electron chi connectivity index (χ1n) is 8.87. The zero-order valence-corrected chi connectivity index (χ0v) is 16.7. The molecule has 1 fully saturated rings. The first-order valence-corrected chi connectivity index (χ1v) is 8.87. The fourth-order valence-corrected chi connectivity index (χ4v) is 3.40. The Balaban J connectivity index is 0.00000288. The van der Waals surface area contributed by atoms with E-state index in [9.17, 15) is 4.79 Å². The van der Waals surface area contributed by atoms with Gasteiger partial charge in [-0.1, -0.05) is 13.8 Å².